The number of hydrogen-bond donors (Lipinski definition) is 0. The molecule has 0 bridgehead atoms. The van der Waals surface area contributed by atoms with Crippen molar-refractivity contribution in [3.8, 4) is 5.75 Å². The average molecular weight is 429 g/mol. The van der Waals surface area contributed by atoms with Gasteiger partial charge in [-0.25, -0.2) is 0 Å². The Kier molecular flexibility index (Phi) is 4.12. The van der Waals surface area contributed by atoms with Gasteiger partial charge in [0.15, 0.2) is 0 Å². The molecule has 0 N–H and O–H groups in total. The zero-order chi connectivity index (χ0) is 13.2. The van der Waals surface area contributed by atoms with Gasteiger partial charge in [-0.1, -0.05) is 30.3 Å². The fraction of sp³-hybridized carbons (Fsp3) is 0.250. The van der Waals surface area contributed by atoms with Crippen molar-refractivity contribution in [1.82, 2.24) is 0 Å². The van der Waals surface area contributed by atoms with Crippen molar-refractivity contribution < 1.29 is 4.74 Å². The van der Waals surface area contributed by atoms with Gasteiger partial charge in [-0.3, -0.25) is 0 Å². The van der Waals surface area contributed by atoms with Gasteiger partial charge < -0.3 is 4.74 Å². The Morgan fingerprint density at radius 1 is 1.16 bits per heavy atom. The van der Waals surface area contributed by atoms with Gasteiger partial charge in [-0.05, 0) is 80.5 Å². The van der Waals surface area contributed by atoms with Crippen molar-refractivity contribution in [2.24, 2.45) is 0 Å². The minimum atomic E-state index is 0.633. The number of halogens is 2. The quantitative estimate of drug-likeness (QED) is 0.583. The van der Waals surface area contributed by atoms with Gasteiger partial charge in [0.1, 0.15) is 12.4 Å². The summed E-state index contributed by atoms with van der Waals surface area (Å²) in [6, 6.07) is 14.7. The molecule has 0 unspecified atom stereocenters. The molecular weight excluding hydrogens is 415 g/mol. The first-order valence-corrected chi connectivity index (χ1v) is 8.27. The van der Waals surface area contributed by atoms with E-state index in [1.165, 1.54) is 27.5 Å². The molecule has 3 heteroatoms. The molecule has 0 aromatic heterocycles. The van der Waals surface area contributed by atoms with Crippen LogP contribution in [-0.2, 0) is 6.61 Å². The molecule has 0 aliphatic heterocycles. The predicted octanol–water partition coefficient (Wildman–Crippen LogP) is 5.51. The molecule has 3 rings (SSSR count). The normalized spacial score (nSPS) is 14.4. The summed E-state index contributed by atoms with van der Waals surface area (Å²) in [6.45, 7) is 0.633. The minimum Gasteiger partial charge on any atom is -0.489 e. The summed E-state index contributed by atoms with van der Waals surface area (Å²) < 4.78 is 8.39. The number of benzene rings is 2. The zero-order valence-electron chi connectivity index (χ0n) is 10.4. The third-order valence-electron chi connectivity index (χ3n) is 3.31. The Bertz CT molecular complexity index is 579. The summed E-state index contributed by atoms with van der Waals surface area (Å²) in [5.74, 6) is 1.73. The standard InChI is InChI=1S/C16H14BrIO/c17-14-9-16(13(8-15(14)18)12-6-7-12)19-10-11-4-2-1-3-5-11/h1-5,8-9,12H,6-7,10H2. The Hall–Kier alpha value is -0.550. The fourth-order valence-corrected chi connectivity index (χ4v) is 2.93. The van der Waals surface area contributed by atoms with Gasteiger partial charge in [-0.15, -0.1) is 0 Å². The van der Waals surface area contributed by atoms with E-state index >= 15 is 0 Å². The third kappa shape index (κ3) is 3.31. The molecule has 1 nitrogen and oxygen atoms in total. The molecule has 2 aromatic carbocycles. The zero-order valence-corrected chi connectivity index (χ0v) is 14.1. The van der Waals surface area contributed by atoms with E-state index < -0.39 is 0 Å². The molecule has 1 aliphatic rings. The van der Waals surface area contributed by atoms with E-state index in [0.29, 0.717) is 12.5 Å². The lowest BCUT2D eigenvalue weighted by Crippen LogP contribution is -1.99. The minimum absolute atomic E-state index is 0.633. The third-order valence-corrected chi connectivity index (χ3v) is 5.60. The molecule has 19 heavy (non-hydrogen) atoms. The van der Waals surface area contributed by atoms with Gasteiger partial charge in [0.2, 0.25) is 0 Å². The second-order valence-electron chi connectivity index (χ2n) is 4.85. The monoisotopic (exact) mass is 428 g/mol. The summed E-state index contributed by atoms with van der Waals surface area (Å²) >= 11 is 5.95. The van der Waals surface area contributed by atoms with E-state index in [9.17, 15) is 0 Å². The lowest BCUT2D eigenvalue weighted by molar-refractivity contribution is 0.302. The van der Waals surface area contributed by atoms with Crippen molar-refractivity contribution in [3.05, 3.63) is 61.6 Å². The lowest BCUT2D eigenvalue weighted by Gasteiger charge is -2.13. The highest BCUT2D eigenvalue weighted by Crippen LogP contribution is 2.46. The molecule has 1 fully saturated rings. The first-order valence-electron chi connectivity index (χ1n) is 6.39. The SMILES string of the molecule is Brc1cc(OCc2ccccc2)c(C2CC2)cc1I. The highest BCUT2D eigenvalue weighted by molar-refractivity contribution is 14.1. The lowest BCUT2D eigenvalue weighted by atomic mass is 10.1. The van der Waals surface area contributed by atoms with Gasteiger partial charge in [0, 0.05) is 8.04 Å². The molecule has 0 radical (unpaired) electrons. The van der Waals surface area contributed by atoms with Crippen LogP contribution in [0.5, 0.6) is 5.75 Å². The molecule has 1 aliphatic carbocycles. The number of rotatable bonds is 4. The first-order chi connectivity index (χ1) is 9.24. The van der Waals surface area contributed by atoms with Crippen LogP contribution >= 0.6 is 38.5 Å². The number of ether oxygens (including phenoxy) is 1. The summed E-state index contributed by atoms with van der Waals surface area (Å²) in [6.07, 6.45) is 2.58. The molecule has 0 atom stereocenters. The summed E-state index contributed by atoms with van der Waals surface area (Å²) in [7, 11) is 0. The largest absolute Gasteiger partial charge is 0.489 e. The van der Waals surface area contributed by atoms with Crippen molar-refractivity contribution in [2.45, 2.75) is 25.4 Å². The maximum absolute atomic E-state index is 6.03. The maximum atomic E-state index is 6.03. The van der Waals surface area contributed by atoms with Crippen LogP contribution in [-0.4, -0.2) is 0 Å². The van der Waals surface area contributed by atoms with Crippen LogP contribution in [0.15, 0.2) is 46.9 Å². The van der Waals surface area contributed by atoms with Crippen LogP contribution in [0, 0.1) is 3.57 Å². The van der Waals surface area contributed by atoms with Crippen LogP contribution in [0.2, 0.25) is 0 Å². The van der Waals surface area contributed by atoms with Crippen LogP contribution in [0.3, 0.4) is 0 Å². The topological polar surface area (TPSA) is 9.23 Å². The summed E-state index contributed by atoms with van der Waals surface area (Å²) in [4.78, 5) is 0. The Balaban J connectivity index is 1.81. The van der Waals surface area contributed by atoms with Crippen LogP contribution in [0.4, 0.5) is 0 Å². The van der Waals surface area contributed by atoms with Gasteiger partial charge in [-0.2, -0.15) is 0 Å². The highest BCUT2D eigenvalue weighted by atomic mass is 127. The first kappa shape index (κ1) is 13.4. The Morgan fingerprint density at radius 2 is 1.89 bits per heavy atom. The van der Waals surface area contributed by atoms with E-state index in [-0.39, 0.29) is 0 Å². The number of hydrogen-bond acceptors (Lipinski definition) is 1. The molecule has 98 valence electrons. The Labute approximate surface area is 135 Å². The molecule has 1 saturated carbocycles. The average Bonchev–Trinajstić information content (AvgIpc) is 3.25. The Morgan fingerprint density at radius 3 is 2.58 bits per heavy atom. The van der Waals surface area contributed by atoms with Gasteiger partial charge in [0.25, 0.3) is 0 Å². The highest BCUT2D eigenvalue weighted by Gasteiger charge is 2.27. The second kappa shape index (κ2) is 5.83. The van der Waals surface area contributed by atoms with E-state index in [1.807, 2.05) is 18.2 Å². The van der Waals surface area contributed by atoms with Crippen molar-refractivity contribution in [3.63, 3.8) is 0 Å². The summed E-state index contributed by atoms with van der Waals surface area (Å²) in [5.41, 5.74) is 2.57. The smallest absolute Gasteiger partial charge is 0.124 e. The summed E-state index contributed by atoms with van der Waals surface area (Å²) in [5, 5.41) is 0. The van der Waals surface area contributed by atoms with Gasteiger partial charge >= 0.3 is 0 Å². The molecule has 2 aromatic rings. The van der Waals surface area contributed by atoms with E-state index in [1.54, 1.807) is 0 Å². The molecule has 0 spiro atoms. The fourth-order valence-electron chi connectivity index (χ4n) is 2.12. The molecular formula is C16H14BrIO. The van der Waals surface area contributed by atoms with Crippen molar-refractivity contribution >= 4 is 38.5 Å². The second-order valence-corrected chi connectivity index (χ2v) is 6.87. The molecule has 0 saturated heterocycles. The van der Waals surface area contributed by atoms with Gasteiger partial charge in [0.05, 0.1) is 0 Å². The molecule has 0 heterocycles. The van der Waals surface area contributed by atoms with E-state index in [2.05, 4.69) is 62.8 Å². The van der Waals surface area contributed by atoms with Crippen molar-refractivity contribution in [1.29, 1.82) is 0 Å². The van der Waals surface area contributed by atoms with E-state index in [0.717, 1.165) is 10.2 Å². The van der Waals surface area contributed by atoms with E-state index in [4.69, 9.17) is 4.74 Å². The molecule has 0 amide bonds. The van der Waals surface area contributed by atoms with Crippen molar-refractivity contribution in [2.75, 3.05) is 0 Å². The predicted molar refractivity (Wildman–Crippen MR) is 89.6 cm³/mol. The van der Waals surface area contributed by atoms with Crippen LogP contribution < -0.4 is 4.74 Å². The van der Waals surface area contributed by atoms with Crippen LogP contribution in [0.1, 0.15) is 29.9 Å². The maximum Gasteiger partial charge on any atom is 0.124 e. The van der Waals surface area contributed by atoms with Crippen LogP contribution in [0.25, 0.3) is 0 Å².